The molecule has 0 fully saturated rings. The summed E-state index contributed by atoms with van der Waals surface area (Å²) < 4.78 is 16.0. The standard InChI is InChI=1S/C10H23NO.F2/c1-2-3-4-5-6-7-8-10(12)9-11;1-2/h10,12H,2-9,11H2,1H3;. The van der Waals surface area contributed by atoms with E-state index >= 15 is 0 Å². The molecule has 0 amide bonds. The first-order chi connectivity index (χ1) is 6.81. The van der Waals surface area contributed by atoms with Crippen LogP contribution < -0.4 is 5.73 Å². The van der Waals surface area contributed by atoms with Crippen molar-refractivity contribution in [1.29, 1.82) is 0 Å². The third-order valence-corrected chi connectivity index (χ3v) is 2.16. The number of hydrogen-bond donors (Lipinski definition) is 2. The molecular weight excluding hydrogens is 188 g/mol. The molecule has 0 spiro atoms. The SMILES string of the molecule is CCCCCCCCC(O)CN.FF. The summed E-state index contributed by atoms with van der Waals surface area (Å²) >= 11 is 0. The Bertz CT molecular complexity index is 94.2. The first kappa shape index (κ1) is 16.2. The minimum absolute atomic E-state index is 0.267. The van der Waals surface area contributed by atoms with Gasteiger partial charge in [-0.05, 0) is 6.42 Å². The molecule has 0 aliphatic rings. The minimum atomic E-state index is -0.267. The van der Waals surface area contributed by atoms with Crippen molar-refractivity contribution in [1.82, 2.24) is 0 Å². The Balaban J connectivity index is 0. The molecule has 1 atom stereocenters. The molecule has 14 heavy (non-hydrogen) atoms. The number of nitrogens with two attached hydrogens (primary N) is 1. The summed E-state index contributed by atoms with van der Waals surface area (Å²) in [5.74, 6) is 0. The highest BCUT2D eigenvalue weighted by Crippen LogP contribution is 2.07. The van der Waals surface area contributed by atoms with Crippen LogP contribution in [0.3, 0.4) is 0 Å². The molecule has 3 N–H and O–H groups in total. The second-order valence-corrected chi connectivity index (χ2v) is 3.45. The van der Waals surface area contributed by atoms with E-state index in [1.165, 1.54) is 32.1 Å². The molecule has 1 unspecified atom stereocenters. The summed E-state index contributed by atoms with van der Waals surface area (Å²) in [6.07, 6.45) is 8.28. The number of aliphatic hydroxyl groups excluding tert-OH is 1. The highest BCUT2D eigenvalue weighted by atomic mass is 20.0. The average molecular weight is 211 g/mol. The topological polar surface area (TPSA) is 46.2 Å². The number of halogens is 2. The van der Waals surface area contributed by atoms with Gasteiger partial charge in [-0.3, -0.25) is 0 Å². The van der Waals surface area contributed by atoms with Gasteiger partial charge < -0.3 is 10.8 Å². The first-order valence-corrected chi connectivity index (χ1v) is 5.33. The smallest absolute Gasteiger partial charge is 0.0662 e. The largest absolute Gasteiger partial charge is 0.392 e. The zero-order valence-electron chi connectivity index (χ0n) is 9.01. The Morgan fingerprint density at radius 1 is 1.07 bits per heavy atom. The van der Waals surface area contributed by atoms with Crippen LogP contribution in [-0.4, -0.2) is 17.8 Å². The molecule has 2 nitrogen and oxygen atoms in total. The van der Waals surface area contributed by atoms with Crippen LogP contribution in [0.5, 0.6) is 0 Å². The predicted molar refractivity (Wildman–Crippen MR) is 55.3 cm³/mol. The molecule has 0 aliphatic carbocycles. The van der Waals surface area contributed by atoms with Crippen LogP contribution in [0.4, 0.5) is 9.15 Å². The zero-order chi connectivity index (χ0) is 11.2. The van der Waals surface area contributed by atoms with E-state index in [1.54, 1.807) is 0 Å². The van der Waals surface area contributed by atoms with Gasteiger partial charge in [0.05, 0.1) is 6.10 Å². The summed E-state index contributed by atoms with van der Waals surface area (Å²) in [6.45, 7) is 2.63. The number of unbranched alkanes of at least 4 members (excludes halogenated alkanes) is 5. The van der Waals surface area contributed by atoms with Gasteiger partial charge in [0.25, 0.3) is 0 Å². The number of rotatable bonds is 8. The van der Waals surface area contributed by atoms with E-state index in [1.807, 2.05) is 0 Å². The zero-order valence-corrected chi connectivity index (χ0v) is 9.01. The molecule has 0 saturated heterocycles. The van der Waals surface area contributed by atoms with Gasteiger partial charge in [0.1, 0.15) is 0 Å². The van der Waals surface area contributed by atoms with Crippen LogP contribution in [0.2, 0.25) is 0 Å². The van der Waals surface area contributed by atoms with E-state index in [4.69, 9.17) is 20.0 Å². The van der Waals surface area contributed by atoms with E-state index < -0.39 is 0 Å². The van der Waals surface area contributed by atoms with Crippen LogP contribution >= 0.6 is 0 Å². The van der Waals surface area contributed by atoms with Gasteiger partial charge in [-0.2, -0.15) is 0 Å². The van der Waals surface area contributed by atoms with E-state index in [2.05, 4.69) is 6.92 Å². The van der Waals surface area contributed by atoms with Crippen molar-refractivity contribution in [3.8, 4) is 0 Å². The average Bonchev–Trinajstić information content (AvgIpc) is 2.25. The van der Waals surface area contributed by atoms with E-state index in [9.17, 15) is 0 Å². The molecule has 0 heterocycles. The van der Waals surface area contributed by atoms with Crippen molar-refractivity contribution >= 4 is 0 Å². The lowest BCUT2D eigenvalue weighted by Gasteiger charge is -2.06. The van der Waals surface area contributed by atoms with Crippen LogP contribution in [0.1, 0.15) is 51.9 Å². The Labute approximate surface area is 85.4 Å². The lowest BCUT2D eigenvalue weighted by atomic mass is 10.1. The summed E-state index contributed by atoms with van der Waals surface area (Å²) in [7, 11) is 0. The van der Waals surface area contributed by atoms with Crippen LogP contribution in [0.25, 0.3) is 0 Å². The maximum Gasteiger partial charge on any atom is 0.0662 e. The molecule has 0 aliphatic heterocycles. The second kappa shape index (κ2) is 15.3. The van der Waals surface area contributed by atoms with E-state index in [0.29, 0.717) is 6.54 Å². The summed E-state index contributed by atoms with van der Waals surface area (Å²) in [4.78, 5) is 0. The molecule has 0 aromatic rings. The Kier molecular flexibility index (Phi) is 17.7. The van der Waals surface area contributed by atoms with Crippen molar-refractivity contribution in [2.45, 2.75) is 58.0 Å². The summed E-state index contributed by atoms with van der Waals surface area (Å²) in [6, 6.07) is 0. The fourth-order valence-electron chi connectivity index (χ4n) is 1.28. The summed E-state index contributed by atoms with van der Waals surface area (Å²) in [5.41, 5.74) is 5.28. The Morgan fingerprint density at radius 2 is 1.57 bits per heavy atom. The van der Waals surface area contributed by atoms with Gasteiger partial charge in [0, 0.05) is 15.7 Å². The fraction of sp³-hybridized carbons (Fsp3) is 1.00. The van der Waals surface area contributed by atoms with E-state index in [0.717, 1.165) is 12.8 Å². The van der Waals surface area contributed by atoms with Gasteiger partial charge in [-0.15, -0.1) is 0 Å². The van der Waals surface area contributed by atoms with Crippen molar-refractivity contribution in [2.75, 3.05) is 6.54 Å². The molecule has 4 heteroatoms. The van der Waals surface area contributed by atoms with Gasteiger partial charge in [0.15, 0.2) is 0 Å². The summed E-state index contributed by atoms with van der Waals surface area (Å²) in [5, 5.41) is 9.14. The third-order valence-electron chi connectivity index (χ3n) is 2.16. The maximum absolute atomic E-state index is 9.14. The predicted octanol–water partition coefficient (Wildman–Crippen LogP) is 2.90. The Hall–Kier alpha value is -0.220. The fourth-order valence-corrected chi connectivity index (χ4v) is 1.28. The molecule has 88 valence electrons. The first-order valence-electron chi connectivity index (χ1n) is 5.33. The quantitative estimate of drug-likeness (QED) is 0.606. The van der Waals surface area contributed by atoms with Gasteiger partial charge in [-0.1, -0.05) is 45.4 Å². The van der Waals surface area contributed by atoms with Crippen LogP contribution in [0.15, 0.2) is 0 Å². The number of aliphatic hydroxyl groups is 1. The molecule has 0 aromatic heterocycles. The molecule has 0 saturated carbocycles. The highest BCUT2D eigenvalue weighted by Gasteiger charge is 1.99. The van der Waals surface area contributed by atoms with Crippen LogP contribution in [-0.2, 0) is 0 Å². The number of hydrogen-bond acceptors (Lipinski definition) is 2. The lowest BCUT2D eigenvalue weighted by molar-refractivity contribution is 0.108. The lowest BCUT2D eigenvalue weighted by Crippen LogP contribution is -2.19. The maximum atomic E-state index is 9.14. The molecule has 0 aromatic carbocycles. The van der Waals surface area contributed by atoms with Gasteiger partial charge in [0.2, 0.25) is 0 Å². The molecular formula is C10H23F2NO. The van der Waals surface area contributed by atoms with Crippen molar-refractivity contribution in [2.24, 2.45) is 5.73 Å². The van der Waals surface area contributed by atoms with E-state index in [-0.39, 0.29) is 6.10 Å². The molecule has 0 rings (SSSR count). The van der Waals surface area contributed by atoms with Crippen molar-refractivity contribution in [3.05, 3.63) is 0 Å². The van der Waals surface area contributed by atoms with Crippen molar-refractivity contribution < 1.29 is 14.3 Å². The normalized spacial score (nSPS) is 11.8. The Morgan fingerprint density at radius 3 is 2.07 bits per heavy atom. The second-order valence-electron chi connectivity index (χ2n) is 3.45. The van der Waals surface area contributed by atoms with Gasteiger partial charge >= 0.3 is 0 Å². The monoisotopic (exact) mass is 211 g/mol. The van der Waals surface area contributed by atoms with Crippen molar-refractivity contribution in [3.63, 3.8) is 0 Å². The molecule has 0 radical (unpaired) electrons. The third kappa shape index (κ3) is 14.3. The molecule has 0 bridgehead atoms. The minimum Gasteiger partial charge on any atom is -0.392 e. The van der Waals surface area contributed by atoms with Crippen LogP contribution in [0, 0.1) is 0 Å². The highest BCUT2D eigenvalue weighted by molar-refractivity contribution is 4.55. The van der Waals surface area contributed by atoms with Gasteiger partial charge in [-0.25, -0.2) is 0 Å².